The van der Waals surface area contributed by atoms with Gasteiger partial charge in [0.15, 0.2) is 0 Å². The molecule has 1 aromatic heterocycles. The van der Waals surface area contributed by atoms with E-state index in [1.165, 1.54) is 16.5 Å². The van der Waals surface area contributed by atoms with Crippen LogP contribution in [0.2, 0.25) is 5.02 Å². The molecule has 0 bridgehead atoms. The molecule has 108 valence electrons. The minimum absolute atomic E-state index is 0.268. The third-order valence-electron chi connectivity index (χ3n) is 3.74. The number of nitrogens with zero attached hydrogens (tertiary/aromatic N) is 1. The van der Waals surface area contributed by atoms with E-state index in [4.69, 9.17) is 11.6 Å². The van der Waals surface area contributed by atoms with Crippen LogP contribution in [0, 0.1) is 0 Å². The first-order chi connectivity index (χ1) is 10.2. The lowest BCUT2D eigenvalue weighted by Crippen LogP contribution is -2.05. The largest absolute Gasteiger partial charge is 0.340 e. The first-order valence-corrected chi connectivity index (χ1v) is 8.45. The average Bonchev–Trinajstić information content (AvgIpc) is 2.93. The first-order valence-electron chi connectivity index (χ1n) is 6.84. The Hall–Kier alpha value is -1.58. The van der Waals surface area contributed by atoms with Crippen LogP contribution in [-0.4, -0.2) is 10.8 Å². The quantitative estimate of drug-likeness (QED) is 0.631. The fourth-order valence-electron chi connectivity index (χ4n) is 2.63. The summed E-state index contributed by atoms with van der Waals surface area (Å²) in [6.45, 7) is 2.21. The van der Waals surface area contributed by atoms with Gasteiger partial charge in [0.25, 0.3) is 0 Å². The third-order valence-corrected chi connectivity index (χ3v) is 4.42. The van der Waals surface area contributed by atoms with E-state index in [0.717, 1.165) is 10.7 Å². The molecule has 2 aromatic carbocycles. The van der Waals surface area contributed by atoms with E-state index in [0.29, 0.717) is 0 Å². The van der Waals surface area contributed by atoms with Crippen LogP contribution in [0.15, 0.2) is 54.7 Å². The van der Waals surface area contributed by atoms with Crippen molar-refractivity contribution in [1.82, 2.24) is 4.57 Å². The zero-order valence-corrected chi connectivity index (χ0v) is 13.6. The molecule has 0 aliphatic heterocycles. The van der Waals surface area contributed by atoms with Crippen molar-refractivity contribution in [2.45, 2.75) is 13.0 Å². The monoisotopic (exact) mass is 316 g/mol. The molecule has 1 N–H and O–H groups in total. The van der Waals surface area contributed by atoms with Crippen LogP contribution in [-0.2, 0) is 0 Å². The Morgan fingerprint density at radius 2 is 1.86 bits per heavy atom. The predicted molar refractivity (Wildman–Crippen MR) is 94.3 cm³/mol. The maximum Gasteiger partial charge on any atom is 0.0557 e. The number of fused-ring (bicyclic) bond motifs is 1. The molecular weight excluding hydrogens is 300 g/mol. The van der Waals surface area contributed by atoms with E-state index in [9.17, 15) is 0 Å². The van der Waals surface area contributed by atoms with Gasteiger partial charge < -0.3 is 9.29 Å². The van der Waals surface area contributed by atoms with Gasteiger partial charge in [-0.3, -0.25) is 0 Å². The number of benzene rings is 2. The van der Waals surface area contributed by atoms with Crippen LogP contribution in [0.1, 0.15) is 18.5 Å². The second kappa shape index (κ2) is 6.04. The van der Waals surface area contributed by atoms with Crippen LogP contribution in [0.4, 0.5) is 5.69 Å². The molecule has 0 aliphatic rings. The lowest BCUT2D eigenvalue weighted by atomic mass is 10.1. The van der Waals surface area contributed by atoms with E-state index >= 15 is 0 Å². The van der Waals surface area contributed by atoms with Crippen molar-refractivity contribution < 1.29 is 0 Å². The van der Waals surface area contributed by atoms with E-state index < -0.39 is 0 Å². The standard InChI is InChI=1S/C17H17ClN2S/c1-12(13-6-8-14(18)9-7-13)20-11-10-15-16(19-21-2)4-3-5-17(15)20/h3-12,19H,1-2H3. The summed E-state index contributed by atoms with van der Waals surface area (Å²) in [6.07, 6.45) is 4.18. The molecule has 1 atom stereocenters. The zero-order chi connectivity index (χ0) is 14.8. The summed E-state index contributed by atoms with van der Waals surface area (Å²) in [5.74, 6) is 0. The van der Waals surface area contributed by atoms with Crippen molar-refractivity contribution in [1.29, 1.82) is 0 Å². The Morgan fingerprint density at radius 1 is 1.10 bits per heavy atom. The molecule has 3 rings (SSSR count). The number of nitrogens with one attached hydrogen (secondary N) is 1. The lowest BCUT2D eigenvalue weighted by Gasteiger charge is -2.16. The van der Waals surface area contributed by atoms with Crippen molar-refractivity contribution in [3.63, 3.8) is 0 Å². The summed E-state index contributed by atoms with van der Waals surface area (Å²) in [6, 6.07) is 16.9. The molecule has 1 heterocycles. The second-order valence-corrected chi connectivity index (χ2v) is 6.04. The van der Waals surface area contributed by atoms with E-state index in [-0.39, 0.29) is 6.04 Å². The van der Waals surface area contributed by atoms with E-state index in [2.05, 4.69) is 58.8 Å². The van der Waals surface area contributed by atoms with Crippen LogP contribution in [0.5, 0.6) is 0 Å². The highest BCUT2D eigenvalue weighted by atomic mass is 35.5. The second-order valence-electron chi connectivity index (χ2n) is 5.00. The summed E-state index contributed by atoms with van der Waals surface area (Å²) >= 11 is 7.59. The molecule has 0 aliphatic carbocycles. The maximum atomic E-state index is 5.97. The van der Waals surface area contributed by atoms with Crippen molar-refractivity contribution >= 4 is 40.1 Å². The Labute approximate surface area is 134 Å². The van der Waals surface area contributed by atoms with Gasteiger partial charge in [0, 0.05) is 22.9 Å². The summed E-state index contributed by atoms with van der Waals surface area (Å²) in [5.41, 5.74) is 3.64. The van der Waals surface area contributed by atoms with E-state index in [1.807, 2.05) is 18.4 Å². The number of anilines is 1. The third kappa shape index (κ3) is 2.76. The van der Waals surface area contributed by atoms with Gasteiger partial charge in [0.1, 0.15) is 0 Å². The molecule has 0 radical (unpaired) electrons. The molecule has 0 amide bonds. The number of rotatable bonds is 4. The normalized spacial score (nSPS) is 12.5. The Bertz CT molecular complexity index is 749. The molecule has 2 nitrogen and oxygen atoms in total. The average molecular weight is 317 g/mol. The summed E-state index contributed by atoms with van der Waals surface area (Å²) < 4.78 is 5.63. The first kappa shape index (κ1) is 14.4. The molecule has 0 saturated heterocycles. The number of hydrogen-bond acceptors (Lipinski definition) is 2. The summed E-state index contributed by atoms with van der Waals surface area (Å²) in [7, 11) is 0. The molecule has 21 heavy (non-hydrogen) atoms. The fourth-order valence-corrected chi connectivity index (χ4v) is 3.15. The molecule has 0 spiro atoms. The van der Waals surface area contributed by atoms with Crippen LogP contribution < -0.4 is 4.72 Å². The van der Waals surface area contributed by atoms with Crippen molar-refractivity contribution in [3.8, 4) is 0 Å². The van der Waals surface area contributed by atoms with Crippen LogP contribution in [0.25, 0.3) is 10.9 Å². The number of halogens is 1. The van der Waals surface area contributed by atoms with Gasteiger partial charge in [0.2, 0.25) is 0 Å². The maximum absolute atomic E-state index is 5.97. The van der Waals surface area contributed by atoms with Gasteiger partial charge in [-0.15, -0.1) is 0 Å². The Kier molecular flexibility index (Phi) is 4.13. The smallest absolute Gasteiger partial charge is 0.0557 e. The molecule has 3 aromatic rings. The van der Waals surface area contributed by atoms with Gasteiger partial charge in [-0.2, -0.15) is 0 Å². The lowest BCUT2D eigenvalue weighted by molar-refractivity contribution is 0.664. The predicted octanol–water partition coefficient (Wildman–Crippen LogP) is 5.59. The highest BCUT2D eigenvalue weighted by Gasteiger charge is 2.12. The van der Waals surface area contributed by atoms with Crippen molar-refractivity contribution in [2.75, 3.05) is 11.0 Å². The minimum Gasteiger partial charge on any atom is -0.340 e. The Morgan fingerprint density at radius 3 is 2.57 bits per heavy atom. The molecule has 0 fully saturated rings. The van der Waals surface area contributed by atoms with E-state index in [1.54, 1.807) is 11.9 Å². The summed E-state index contributed by atoms with van der Waals surface area (Å²) in [5, 5.41) is 2.02. The minimum atomic E-state index is 0.268. The SMILES string of the molecule is CSNc1cccc2c1ccn2C(C)c1ccc(Cl)cc1. The number of aromatic nitrogens is 1. The van der Waals surface area contributed by atoms with Gasteiger partial charge in [-0.25, -0.2) is 0 Å². The van der Waals surface area contributed by atoms with Gasteiger partial charge >= 0.3 is 0 Å². The van der Waals surface area contributed by atoms with Crippen molar-refractivity contribution in [3.05, 3.63) is 65.3 Å². The molecular formula is C17H17ClN2S. The zero-order valence-electron chi connectivity index (χ0n) is 12.0. The molecule has 0 saturated carbocycles. The highest BCUT2D eigenvalue weighted by molar-refractivity contribution is 7.99. The highest BCUT2D eigenvalue weighted by Crippen LogP contribution is 2.30. The summed E-state index contributed by atoms with van der Waals surface area (Å²) in [4.78, 5) is 0. The number of hydrogen-bond donors (Lipinski definition) is 1. The van der Waals surface area contributed by atoms with Gasteiger partial charge in [0.05, 0.1) is 17.2 Å². The molecule has 1 unspecified atom stereocenters. The van der Waals surface area contributed by atoms with Gasteiger partial charge in [-0.05, 0) is 42.8 Å². The van der Waals surface area contributed by atoms with Crippen LogP contribution >= 0.6 is 23.5 Å². The Balaban J connectivity index is 2.04. The topological polar surface area (TPSA) is 17.0 Å². The van der Waals surface area contributed by atoms with Crippen LogP contribution in [0.3, 0.4) is 0 Å². The fraction of sp³-hybridized carbons (Fsp3) is 0.176. The van der Waals surface area contributed by atoms with Gasteiger partial charge in [-0.1, -0.05) is 41.7 Å². The molecule has 4 heteroatoms. The van der Waals surface area contributed by atoms with Crippen molar-refractivity contribution in [2.24, 2.45) is 0 Å².